The van der Waals surface area contributed by atoms with E-state index in [0.717, 1.165) is 21.9 Å². The molecule has 2 aliphatic heterocycles. The maximum Gasteiger partial charge on any atom is 0.258 e. The van der Waals surface area contributed by atoms with Crippen LogP contribution in [0.15, 0.2) is 70.0 Å². The molecule has 1 aromatic heterocycles. The molecule has 232 valence electrons. The Hall–Kier alpha value is -3.25. The van der Waals surface area contributed by atoms with E-state index in [1.165, 1.54) is 41.5 Å². The molecule has 3 fully saturated rings. The Morgan fingerprint density at radius 1 is 1.07 bits per heavy atom. The third kappa shape index (κ3) is 4.20. The van der Waals surface area contributed by atoms with E-state index in [9.17, 15) is 28.7 Å². The molecule has 0 spiro atoms. The molecule has 2 aromatic carbocycles. The molecule has 13 heteroatoms. The van der Waals surface area contributed by atoms with Crippen molar-refractivity contribution in [2.24, 2.45) is 17.8 Å². The molecule has 4 aliphatic rings. The number of hydrogen-bond donors (Lipinski definition) is 1. The van der Waals surface area contributed by atoms with Crippen LogP contribution in [0.5, 0.6) is 11.5 Å². The average Bonchev–Trinajstić information content (AvgIpc) is 3.66. The van der Waals surface area contributed by atoms with E-state index < -0.39 is 57.0 Å². The number of hydrogen-bond acceptors (Lipinski definition) is 7. The van der Waals surface area contributed by atoms with Crippen molar-refractivity contribution in [3.8, 4) is 11.5 Å². The second-order valence-electron chi connectivity index (χ2n) is 11.6. The van der Waals surface area contributed by atoms with Gasteiger partial charge in [0.1, 0.15) is 5.82 Å². The van der Waals surface area contributed by atoms with Gasteiger partial charge in [-0.05, 0) is 66.6 Å². The summed E-state index contributed by atoms with van der Waals surface area (Å²) in [6.45, 7) is 0.124. The lowest BCUT2D eigenvalue weighted by molar-refractivity contribution is -0.141. The zero-order chi connectivity index (χ0) is 32.0. The molecule has 45 heavy (non-hydrogen) atoms. The van der Waals surface area contributed by atoms with Gasteiger partial charge in [-0.2, -0.15) is 0 Å². The van der Waals surface area contributed by atoms with Crippen molar-refractivity contribution in [1.82, 2.24) is 4.90 Å². The highest BCUT2D eigenvalue weighted by molar-refractivity contribution is 9.10. The number of nitrogens with zero attached hydrogens (tertiary/aromatic N) is 2. The number of thiophene rings is 1. The van der Waals surface area contributed by atoms with Crippen LogP contribution in [0, 0.1) is 23.6 Å². The molecule has 0 bridgehead atoms. The zero-order valence-electron chi connectivity index (χ0n) is 23.5. The van der Waals surface area contributed by atoms with Gasteiger partial charge < -0.3 is 9.84 Å². The summed E-state index contributed by atoms with van der Waals surface area (Å²) in [5.74, 6) is -6.74. The number of amides is 4. The van der Waals surface area contributed by atoms with Gasteiger partial charge in [0.15, 0.2) is 21.2 Å². The number of alkyl halides is 2. The minimum absolute atomic E-state index is 0.0692. The smallest absolute Gasteiger partial charge is 0.258 e. The average molecular weight is 734 g/mol. The minimum atomic E-state index is -2.18. The van der Waals surface area contributed by atoms with Gasteiger partial charge in [-0.1, -0.05) is 33.6 Å². The maximum atomic E-state index is 14.5. The van der Waals surface area contributed by atoms with Gasteiger partial charge in [-0.15, -0.1) is 34.5 Å². The predicted molar refractivity (Wildman–Crippen MR) is 169 cm³/mol. The number of rotatable bonds is 5. The number of allylic oxidation sites excluding steroid dienone is 2. The third-order valence-electron chi connectivity index (χ3n) is 9.48. The Morgan fingerprint density at radius 2 is 1.80 bits per heavy atom. The molecular weight excluding hydrogens is 710 g/mol. The number of ether oxygens (including phenoxy) is 1. The summed E-state index contributed by atoms with van der Waals surface area (Å²) in [7, 11) is 1.37. The summed E-state index contributed by atoms with van der Waals surface area (Å²) in [5.41, 5.74) is 0.754. The van der Waals surface area contributed by atoms with Crippen molar-refractivity contribution >= 4 is 79.8 Å². The highest BCUT2D eigenvalue weighted by Crippen LogP contribution is 2.67. The maximum absolute atomic E-state index is 14.5. The van der Waals surface area contributed by atoms with Crippen molar-refractivity contribution in [3.63, 3.8) is 0 Å². The van der Waals surface area contributed by atoms with Crippen LogP contribution in [-0.2, 0) is 25.7 Å². The summed E-state index contributed by atoms with van der Waals surface area (Å²) < 4.78 is 19.7. The molecule has 1 saturated carbocycles. The van der Waals surface area contributed by atoms with Crippen LogP contribution < -0.4 is 9.64 Å². The van der Waals surface area contributed by atoms with Gasteiger partial charge in [0.2, 0.25) is 11.8 Å². The number of aromatic hydroxyl groups is 1. The Kier molecular flexibility index (Phi) is 7.20. The molecule has 3 heterocycles. The fourth-order valence-electron chi connectivity index (χ4n) is 7.49. The van der Waals surface area contributed by atoms with Crippen molar-refractivity contribution in [2.45, 2.75) is 35.1 Å². The molecule has 8 nitrogen and oxygen atoms in total. The second-order valence-corrected chi connectivity index (χ2v) is 14.8. The topological polar surface area (TPSA) is 104 Å². The van der Waals surface area contributed by atoms with Gasteiger partial charge in [-0.25, -0.2) is 9.29 Å². The SMILES string of the molecule is COc1cc(Br)cc([C@H]2C3=CC[C@@H]4C(=O)N(Cc5cccs5)C(=O)[C@@H]4[C@@H]3C[C@@]3(Cl)C(=O)N(c4ccc(F)cc4)C(=O)[C@@]23Cl)c1O. The van der Waals surface area contributed by atoms with Crippen LogP contribution in [0.25, 0.3) is 0 Å². The number of phenols is 1. The van der Waals surface area contributed by atoms with Crippen LogP contribution in [0.4, 0.5) is 10.1 Å². The zero-order valence-corrected chi connectivity index (χ0v) is 27.4. The molecule has 1 N–H and O–H groups in total. The van der Waals surface area contributed by atoms with E-state index in [1.54, 1.807) is 12.1 Å². The van der Waals surface area contributed by atoms with E-state index in [4.69, 9.17) is 27.9 Å². The standard InChI is InChI=1S/C32H24BrCl2FN2O6S/c1-44-23-12-15(33)11-21(26(23)39)25-19-8-9-20-24(28(41)37(27(20)40)14-18-3-2-10-45-18)22(19)13-31(34)29(42)38(30(43)32(25,31)35)17-6-4-16(36)5-7-17/h2-8,10-12,20,22,24-25,39H,9,13-14H2,1H3/t20-,22+,24-,25+,31+,32-/m0/s1. The number of carbonyl (C=O) groups is 4. The highest BCUT2D eigenvalue weighted by Gasteiger charge is 2.77. The van der Waals surface area contributed by atoms with Crippen molar-refractivity contribution in [3.05, 3.63) is 86.3 Å². The Balaban J connectivity index is 1.41. The van der Waals surface area contributed by atoms with Crippen LogP contribution in [0.3, 0.4) is 0 Å². The van der Waals surface area contributed by atoms with Crippen LogP contribution in [0.1, 0.15) is 29.2 Å². The third-order valence-corrected chi connectivity index (χ3v) is 12.2. The molecule has 2 aliphatic carbocycles. The summed E-state index contributed by atoms with van der Waals surface area (Å²) >= 11 is 19.6. The number of likely N-dealkylation sites (tertiary alicyclic amines) is 1. The van der Waals surface area contributed by atoms with Crippen molar-refractivity contribution < 1.29 is 33.4 Å². The number of halogens is 4. The largest absolute Gasteiger partial charge is 0.504 e. The van der Waals surface area contributed by atoms with Gasteiger partial charge in [0, 0.05) is 20.8 Å². The first-order valence-corrected chi connectivity index (χ1v) is 16.5. The minimum Gasteiger partial charge on any atom is -0.504 e. The van der Waals surface area contributed by atoms with E-state index >= 15 is 0 Å². The first-order valence-electron chi connectivity index (χ1n) is 14.1. The number of anilines is 1. The monoisotopic (exact) mass is 732 g/mol. The van der Waals surface area contributed by atoms with E-state index in [-0.39, 0.29) is 48.0 Å². The summed E-state index contributed by atoms with van der Waals surface area (Å²) in [4.78, 5) is 55.1. The van der Waals surface area contributed by atoms with E-state index in [1.807, 2.05) is 17.5 Å². The van der Waals surface area contributed by atoms with Crippen molar-refractivity contribution in [1.29, 1.82) is 0 Å². The first kappa shape index (κ1) is 30.4. The van der Waals surface area contributed by atoms with E-state index in [2.05, 4.69) is 15.9 Å². The second kappa shape index (κ2) is 10.7. The van der Waals surface area contributed by atoms with Crippen LogP contribution >= 0.6 is 50.5 Å². The number of benzene rings is 2. The lowest BCUT2D eigenvalue weighted by Gasteiger charge is -2.50. The van der Waals surface area contributed by atoms with Gasteiger partial charge in [-0.3, -0.25) is 24.1 Å². The summed E-state index contributed by atoms with van der Waals surface area (Å²) in [6.07, 6.45) is 1.76. The molecular formula is C32H24BrCl2FN2O6S. The molecule has 0 unspecified atom stereocenters. The van der Waals surface area contributed by atoms with Gasteiger partial charge >= 0.3 is 0 Å². The molecule has 3 aromatic rings. The number of carbonyl (C=O) groups excluding carboxylic acids is 4. The summed E-state index contributed by atoms with van der Waals surface area (Å²) in [5, 5.41) is 13.3. The van der Waals surface area contributed by atoms with E-state index in [0.29, 0.717) is 10.0 Å². The normalized spacial score (nSPS) is 30.7. The highest BCUT2D eigenvalue weighted by atomic mass is 79.9. The fourth-order valence-corrected chi connectivity index (χ4v) is 9.57. The Morgan fingerprint density at radius 3 is 2.47 bits per heavy atom. The lowest BCUT2D eigenvalue weighted by atomic mass is 9.56. The fraction of sp³-hybridized carbons (Fsp3) is 0.312. The predicted octanol–water partition coefficient (Wildman–Crippen LogP) is 6.13. The van der Waals surface area contributed by atoms with Gasteiger partial charge in [0.05, 0.1) is 31.2 Å². The van der Waals surface area contributed by atoms with Crippen LogP contribution in [-0.4, -0.2) is 50.5 Å². The number of imide groups is 2. The quantitative estimate of drug-likeness (QED) is 0.192. The number of phenolic OH excluding ortho intramolecular Hbond substituents is 1. The van der Waals surface area contributed by atoms with Crippen LogP contribution in [0.2, 0.25) is 0 Å². The lowest BCUT2D eigenvalue weighted by Crippen LogP contribution is -2.60. The summed E-state index contributed by atoms with van der Waals surface area (Å²) in [6, 6.07) is 11.6. The molecule has 0 radical (unpaired) electrons. The molecule has 2 saturated heterocycles. The molecule has 7 rings (SSSR count). The van der Waals surface area contributed by atoms with Crippen molar-refractivity contribution in [2.75, 3.05) is 12.0 Å². The Labute approximate surface area is 279 Å². The number of methoxy groups -OCH3 is 1. The number of fused-ring (bicyclic) bond motifs is 4. The Bertz CT molecular complexity index is 1820. The molecule has 6 atom stereocenters. The van der Waals surface area contributed by atoms with Gasteiger partial charge in [0.25, 0.3) is 11.8 Å². The molecule has 4 amide bonds. The first-order chi connectivity index (χ1) is 21.4.